The fraction of sp³-hybridized carbons (Fsp3) is 0.316. The van der Waals surface area contributed by atoms with Gasteiger partial charge in [0.25, 0.3) is 0 Å². The minimum absolute atomic E-state index is 0.0283. The molecule has 1 aliphatic carbocycles. The van der Waals surface area contributed by atoms with Crippen LogP contribution in [0, 0.1) is 6.92 Å². The number of methoxy groups -OCH3 is 1. The summed E-state index contributed by atoms with van der Waals surface area (Å²) >= 11 is 6.20. The predicted octanol–water partition coefficient (Wildman–Crippen LogP) is 4.52. The Kier molecular flexibility index (Phi) is 4.78. The zero-order chi connectivity index (χ0) is 17.3. The minimum atomic E-state index is -0.605. The molecule has 1 N–H and O–H groups in total. The van der Waals surface area contributed by atoms with Crippen LogP contribution in [0.25, 0.3) is 0 Å². The lowest BCUT2D eigenvalue weighted by Gasteiger charge is -2.12. The third kappa shape index (κ3) is 3.40. The Morgan fingerprint density at radius 2 is 2.04 bits per heavy atom. The number of aliphatic hydroxyl groups is 1. The van der Waals surface area contributed by atoms with Gasteiger partial charge in [0, 0.05) is 0 Å². The van der Waals surface area contributed by atoms with Crippen molar-refractivity contribution in [3.8, 4) is 11.5 Å². The molecule has 2 unspecified atom stereocenters. The molecule has 126 valence electrons. The van der Waals surface area contributed by atoms with Crippen molar-refractivity contribution in [2.45, 2.75) is 31.8 Å². The smallest absolute Gasteiger partial charge is 0.306 e. The summed E-state index contributed by atoms with van der Waals surface area (Å²) in [6.07, 6.45) is 0.177. The minimum Gasteiger partial charge on any atom is -0.469 e. The summed E-state index contributed by atoms with van der Waals surface area (Å²) in [6.45, 7) is 1.96. The molecule has 0 heterocycles. The van der Waals surface area contributed by atoms with E-state index in [9.17, 15) is 9.90 Å². The molecule has 4 nitrogen and oxygen atoms in total. The Bertz CT molecular complexity index is 772. The molecule has 1 aliphatic rings. The maximum absolute atomic E-state index is 11.5. The standard InChI is InChI=1S/C19H19ClO4/c1-11-3-6-18(16(20)7-11)24-13-4-5-14-12(9-19(22)23-2)8-17(21)15(14)10-13/h3-7,10,12,17,21H,8-9H2,1-2H3. The Labute approximate surface area is 146 Å². The van der Waals surface area contributed by atoms with Gasteiger partial charge in [0.15, 0.2) is 0 Å². The third-order valence-electron chi connectivity index (χ3n) is 4.32. The van der Waals surface area contributed by atoms with Gasteiger partial charge in [0.05, 0.1) is 24.7 Å². The highest BCUT2D eigenvalue weighted by atomic mass is 35.5. The summed E-state index contributed by atoms with van der Waals surface area (Å²) in [5, 5.41) is 10.8. The summed E-state index contributed by atoms with van der Waals surface area (Å²) in [6, 6.07) is 11.1. The SMILES string of the molecule is COC(=O)CC1CC(O)c2cc(Oc3ccc(C)cc3Cl)ccc21. The van der Waals surface area contributed by atoms with Crippen LogP contribution in [0.1, 0.15) is 41.6 Å². The van der Waals surface area contributed by atoms with Crippen LogP contribution in [0.15, 0.2) is 36.4 Å². The molecule has 0 fully saturated rings. The Balaban J connectivity index is 1.83. The van der Waals surface area contributed by atoms with Gasteiger partial charge in [-0.05, 0) is 60.2 Å². The number of carbonyl (C=O) groups is 1. The predicted molar refractivity (Wildman–Crippen MR) is 91.7 cm³/mol. The van der Waals surface area contributed by atoms with Gasteiger partial charge in [-0.15, -0.1) is 0 Å². The Morgan fingerprint density at radius 1 is 1.25 bits per heavy atom. The molecule has 2 aromatic rings. The van der Waals surface area contributed by atoms with Crippen LogP contribution in [-0.4, -0.2) is 18.2 Å². The average Bonchev–Trinajstić information content (AvgIpc) is 2.86. The van der Waals surface area contributed by atoms with Gasteiger partial charge in [0.1, 0.15) is 11.5 Å². The summed E-state index contributed by atoms with van der Waals surface area (Å²) < 4.78 is 10.6. The van der Waals surface area contributed by atoms with Crippen molar-refractivity contribution in [1.29, 1.82) is 0 Å². The number of carbonyl (C=O) groups excluding carboxylic acids is 1. The van der Waals surface area contributed by atoms with Crippen molar-refractivity contribution in [2.24, 2.45) is 0 Å². The lowest BCUT2D eigenvalue weighted by atomic mass is 9.98. The number of hydrogen-bond donors (Lipinski definition) is 1. The van der Waals surface area contributed by atoms with Crippen LogP contribution < -0.4 is 4.74 Å². The van der Waals surface area contributed by atoms with Crippen LogP contribution >= 0.6 is 11.6 Å². The van der Waals surface area contributed by atoms with E-state index in [4.69, 9.17) is 21.1 Å². The zero-order valence-corrected chi connectivity index (χ0v) is 14.3. The van der Waals surface area contributed by atoms with Crippen LogP contribution in [-0.2, 0) is 9.53 Å². The second-order valence-corrected chi connectivity index (χ2v) is 6.46. The van der Waals surface area contributed by atoms with Crippen LogP contribution in [0.4, 0.5) is 0 Å². The van der Waals surface area contributed by atoms with E-state index in [1.165, 1.54) is 7.11 Å². The average molecular weight is 347 g/mol. The highest BCUT2D eigenvalue weighted by molar-refractivity contribution is 6.32. The van der Waals surface area contributed by atoms with Crippen molar-refractivity contribution >= 4 is 17.6 Å². The van der Waals surface area contributed by atoms with E-state index in [0.29, 0.717) is 22.9 Å². The summed E-state index contributed by atoms with van der Waals surface area (Å²) in [5.41, 5.74) is 2.82. The summed E-state index contributed by atoms with van der Waals surface area (Å²) in [5.74, 6) is 0.879. The fourth-order valence-electron chi connectivity index (χ4n) is 3.09. The second kappa shape index (κ2) is 6.83. The molecule has 2 atom stereocenters. The van der Waals surface area contributed by atoms with E-state index in [1.807, 2.05) is 43.3 Å². The first-order valence-electron chi connectivity index (χ1n) is 7.80. The molecular formula is C19H19ClO4. The van der Waals surface area contributed by atoms with Crippen LogP contribution in [0.5, 0.6) is 11.5 Å². The van der Waals surface area contributed by atoms with Crippen molar-refractivity contribution in [2.75, 3.05) is 7.11 Å². The van der Waals surface area contributed by atoms with Gasteiger partial charge < -0.3 is 14.6 Å². The summed E-state index contributed by atoms with van der Waals surface area (Å²) in [7, 11) is 1.37. The van der Waals surface area contributed by atoms with Crippen LogP contribution in [0.2, 0.25) is 5.02 Å². The third-order valence-corrected chi connectivity index (χ3v) is 4.62. The van der Waals surface area contributed by atoms with E-state index in [-0.39, 0.29) is 18.3 Å². The molecule has 0 aliphatic heterocycles. The van der Waals surface area contributed by atoms with E-state index >= 15 is 0 Å². The van der Waals surface area contributed by atoms with E-state index in [2.05, 4.69) is 0 Å². The number of aliphatic hydroxyl groups excluding tert-OH is 1. The van der Waals surface area contributed by atoms with E-state index < -0.39 is 6.10 Å². The monoisotopic (exact) mass is 346 g/mol. The van der Waals surface area contributed by atoms with Crippen molar-refractivity contribution in [3.05, 3.63) is 58.1 Å². The van der Waals surface area contributed by atoms with Gasteiger partial charge in [-0.2, -0.15) is 0 Å². The van der Waals surface area contributed by atoms with E-state index in [1.54, 1.807) is 0 Å². The molecule has 0 spiro atoms. The van der Waals surface area contributed by atoms with Gasteiger partial charge in [-0.25, -0.2) is 0 Å². The maximum Gasteiger partial charge on any atom is 0.306 e. The number of fused-ring (bicyclic) bond motifs is 1. The number of rotatable bonds is 4. The number of aryl methyl sites for hydroxylation is 1. The molecule has 2 aromatic carbocycles. The molecule has 0 aromatic heterocycles. The van der Waals surface area contributed by atoms with Crippen molar-refractivity contribution in [3.63, 3.8) is 0 Å². The number of halogens is 1. The molecule has 0 saturated heterocycles. The first-order chi connectivity index (χ1) is 11.5. The molecule has 24 heavy (non-hydrogen) atoms. The summed E-state index contributed by atoms with van der Waals surface area (Å²) in [4.78, 5) is 11.5. The molecule has 0 saturated carbocycles. The number of hydrogen-bond acceptors (Lipinski definition) is 4. The number of benzene rings is 2. The second-order valence-electron chi connectivity index (χ2n) is 6.06. The number of esters is 1. The van der Waals surface area contributed by atoms with Crippen molar-refractivity contribution < 1.29 is 19.4 Å². The fourth-order valence-corrected chi connectivity index (χ4v) is 3.37. The van der Waals surface area contributed by atoms with Crippen LogP contribution in [0.3, 0.4) is 0 Å². The highest BCUT2D eigenvalue weighted by Crippen LogP contribution is 2.44. The Hall–Kier alpha value is -2.04. The first kappa shape index (κ1) is 16.8. The molecular weight excluding hydrogens is 328 g/mol. The molecule has 0 bridgehead atoms. The van der Waals surface area contributed by atoms with E-state index in [0.717, 1.165) is 16.7 Å². The molecule has 3 rings (SSSR count). The van der Waals surface area contributed by atoms with Gasteiger partial charge in [0.2, 0.25) is 0 Å². The highest BCUT2D eigenvalue weighted by Gasteiger charge is 2.31. The largest absolute Gasteiger partial charge is 0.469 e. The van der Waals surface area contributed by atoms with Gasteiger partial charge in [-0.1, -0.05) is 23.7 Å². The first-order valence-corrected chi connectivity index (χ1v) is 8.18. The maximum atomic E-state index is 11.5. The molecule has 0 radical (unpaired) electrons. The van der Waals surface area contributed by atoms with Gasteiger partial charge in [-0.3, -0.25) is 4.79 Å². The van der Waals surface area contributed by atoms with Crippen molar-refractivity contribution in [1.82, 2.24) is 0 Å². The lowest BCUT2D eigenvalue weighted by molar-refractivity contribution is -0.141. The quantitative estimate of drug-likeness (QED) is 0.827. The molecule has 0 amide bonds. The van der Waals surface area contributed by atoms with Gasteiger partial charge >= 0.3 is 5.97 Å². The number of ether oxygens (including phenoxy) is 2. The topological polar surface area (TPSA) is 55.8 Å². The zero-order valence-electron chi connectivity index (χ0n) is 13.6. The lowest BCUT2D eigenvalue weighted by Crippen LogP contribution is -2.06. The molecule has 5 heteroatoms. The Morgan fingerprint density at radius 3 is 2.75 bits per heavy atom. The normalized spacial score (nSPS) is 19.0.